The summed E-state index contributed by atoms with van der Waals surface area (Å²) in [7, 11) is 0. The second-order valence-electron chi connectivity index (χ2n) is 3.87. The van der Waals surface area contributed by atoms with Crippen molar-refractivity contribution < 1.29 is 9.21 Å². The third-order valence-electron chi connectivity index (χ3n) is 2.73. The second kappa shape index (κ2) is 4.39. The molecule has 1 heterocycles. The van der Waals surface area contributed by atoms with Gasteiger partial charge in [0.2, 0.25) is 5.91 Å². The SMILES string of the molecule is CC(Br)C(=O)NC1CCCc2occc21. The molecule has 1 aliphatic carbocycles. The lowest BCUT2D eigenvalue weighted by Gasteiger charge is -2.23. The number of fused-ring (bicyclic) bond motifs is 1. The zero-order valence-corrected chi connectivity index (χ0v) is 10.2. The molecule has 82 valence electrons. The van der Waals surface area contributed by atoms with Crippen LogP contribution in [-0.2, 0) is 11.2 Å². The number of nitrogens with one attached hydrogen (secondary N) is 1. The van der Waals surface area contributed by atoms with Crippen LogP contribution in [0.3, 0.4) is 0 Å². The molecule has 0 aliphatic heterocycles. The molecule has 1 aromatic rings. The monoisotopic (exact) mass is 271 g/mol. The van der Waals surface area contributed by atoms with E-state index in [1.807, 2.05) is 13.0 Å². The van der Waals surface area contributed by atoms with E-state index < -0.39 is 0 Å². The fourth-order valence-electron chi connectivity index (χ4n) is 1.92. The molecule has 2 rings (SSSR count). The van der Waals surface area contributed by atoms with E-state index >= 15 is 0 Å². The van der Waals surface area contributed by atoms with Gasteiger partial charge in [0.15, 0.2) is 0 Å². The molecule has 0 fully saturated rings. The van der Waals surface area contributed by atoms with Crippen molar-refractivity contribution in [2.45, 2.75) is 37.1 Å². The van der Waals surface area contributed by atoms with Gasteiger partial charge in [0.1, 0.15) is 5.76 Å². The summed E-state index contributed by atoms with van der Waals surface area (Å²) in [6.45, 7) is 1.83. The number of carbonyl (C=O) groups is 1. The summed E-state index contributed by atoms with van der Waals surface area (Å²) in [5.41, 5.74) is 1.14. The summed E-state index contributed by atoms with van der Waals surface area (Å²) in [6, 6.07) is 2.08. The van der Waals surface area contributed by atoms with Crippen LogP contribution >= 0.6 is 15.9 Å². The average Bonchev–Trinajstić information content (AvgIpc) is 2.66. The summed E-state index contributed by atoms with van der Waals surface area (Å²) < 4.78 is 5.37. The highest BCUT2D eigenvalue weighted by atomic mass is 79.9. The van der Waals surface area contributed by atoms with Crippen molar-refractivity contribution in [2.75, 3.05) is 0 Å². The summed E-state index contributed by atoms with van der Waals surface area (Å²) in [5.74, 6) is 1.06. The third-order valence-corrected chi connectivity index (χ3v) is 3.15. The lowest BCUT2D eigenvalue weighted by molar-refractivity contribution is -0.121. The van der Waals surface area contributed by atoms with Crippen molar-refractivity contribution in [1.29, 1.82) is 0 Å². The molecule has 0 spiro atoms. The van der Waals surface area contributed by atoms with Gasteiger partial charge in [-0.05, 0) is 25.8 Å². The molecule has 1 aliphatic rings. The molecular weight excluding hydrogens is 258 g/mol. The molecule has 0 saturated carbocycles. The molecule has 4 heteroatoms. The van der Waals surface area contributed by atoms with Gasteiger partial charge in [-0.2, -0.15) is 0 Å². The van der Waals surface area contributed by atoms with Gasteiger partial charge in [0.05, 0.1) is 17.1 Å². The first-order valence-electron chi connectivity index (χ1n) is 5.19. The lowest BCUT2D eigenvalue weighted by atomic mass is 9.93. The van der Waals surface area contributed by atoms with Crippen molar-refractivity contribution in [3.63, 3.8) is 0 Å². The molecule has 3 nitrogen and oxygen atoms in total. The molecule has 0 bridgehead atoms. The maximum atomic E-state index is 11.6. The Morgan fingerprint density at radius 2 is 2.53 bits per heavy atom. The van der Waals surface area contributed by atoms with Crippen LogP contribution in [0.5, 0.6) is 0 Å². The molecule has 0 saturated heterocycles. The number of amides is 1. The van der Waals surface area contributed by atoms with Gasteiger partial charge in [-0.25, -0.2) is 0 Å². The highest BCUT2D eigenvalue weighted by Gasteiger charge is 2.24. The van der Waals surface area contributed by atoms with Gasteiger partial charge >= 0.3 is 0 Å². The van der Waals surface area contributed by atoms with E-state index in [1.165, 1.54) is 0 Å². The van der Waals surface area contributed by atoms with E-state index in [0.717, 1.165) is 30.6 Å². The number of halogens is 1. The molecule has 15 heavy (non-hydrogen) atoms. The highest BCUT2D eigenvalue weighted by molar-refractivity contribution is 9.10. The van der Waals surface area contributed by atoms with E-state index in [4.69, 9.17) is 4.42 Å². The van der Waals surface area contributed by atoms with Crippen LogP contribution in [0.4, 0.5) is 0 Å². The Hall–Kier alpha value is -0.770. The molecule has 0 radical (unpaired) electrons. The summed E-state index contributed by atoms with van der Waals surface area (Å²) >= 11 is 3.26. The van der Waals surface area contributed by atoms with Gasteiger partial charge in [-0.1, -0.05) is 15.9 Å². The van der Waals surface area contributed by atoms with Gasteiger partial charge in [-0.15, -0.1) is 0 Å². The first-order valence-corrected chi connectivity index (χ1v) is 6.11. The smallest absolute Gasteiger partial charge is 0.233 e. The normalized spacial score (nSPS) is 21.9. The number of aryl methyl sites for hydroxylation is 1. The number of furan rings is 1. The zero-order chi connectivity index (χ0) is 10.8. The predicted octanol–water partition coefficient (Wildman–Crippen LogP) is 2.56. The number of alkyl halides is 1. The average molecular weight is 272 g/mol. The van der Waals surface area contributed by atoms with E-state index in [-0.39, 0.29) is 16.8 Å². The van der Waals surface area contributed by atoms with E-state index in [2.05, 4.69) is 21.2 Å². The fraction of sp³-hybridized carbons (Fsp3) is 0.545. The standard InChI is InChI=1S/C11H14BrNO2/c1-7(12)11(14)13-9-3-2-4-10-8(9)5-6-15-10/h5-7,9H,2-4H2,1H3,(H,13,14). The van der Waals surface area contributed by atoms with E-state index in [1.54, 1.807) is 6.26 Å². The van der Waals surface area contributed by atoms with Crippen molar-refractivity contribution in [3.05, 3.63) is 23.7 Å². The first kappa shape index (κ1) is 10.7. The Bertz CT molecular complexity index is 359. The third kappa shape index (κ3) is 2.25. The van der Waals surface area contributed by atoms with Gasteiger partial charge in [-0.3, -0.25) is 4.79 Å². The van der Waals surface area contributed by atoms with Gasteiger partial charge in [0, 0.05) is 12.0 Å². The van der Waals surface area contributed by atoms with Crippen LogP contribution in [0.25, 0.3) is 0 Å². The van der Waals surface area contributed by atoms with E-state index in [9.17, 15) is 4.79 Å². The predicted molar refractivity (Wildman–Crippen MR) is 60.9 cm³/mol. The molecule has 2 atom stereocenters. The minimum atomic E-state index is -0.144. The molecular formula is C11H14BrNO2. The van der Waals surface area contributed by atoms with Gasteiger partial charge in [0.25, 0.3) is 0 Å². The largest absolute Gasteiger partial charge is 0.469 e. The Balaban J connectivity index is 2.10. The number of carbonyl (C=O) groups excluding carboxylic acids is 1. The fourth-order valence-corrected chi connectivity index (χ4v) is 2.06. The van der Waals surface area contributed by atoms with Crippen molar-refractivity contribution >= 4 is 21.8 Å². The molecule has 1 amide bonds. The minimum Gasteiger partial charge on any atom is -0.469 e. The Morgan fingerprint density at radius 1 is 1.73 bits per heavy atom. The van der Waals surface area contributed by atoms with Crippen LogP contribution in [0.1, 0.15) is 37.1 Å². The van der Waals surface area contributed by atoms with Crippen molar-refractivity contribution in [1.82, 2.24) is 5.32 Å². The highest BCUT2D eigenvalue weighted by Crippen LogP contribution is 2.30. The van der Waals surface area contributed by atoms with Crippen LogP contribution in [0.15, 0.2) is 16.7 Å². The van der Waals surface area contributed by atoms with Crippen LogP contribution < -0.4 is 5.32 Å². The summed E-state index contributed by atoms with van der Waals surface area (Å²) in [6.07, 6.45) is 4.76. The second-order valence-corrected chi connectivity index (χ2v) is 5.24. The summed E-state index contributed by atoms with van der Waals surface area (Å²) in [5, 5.41) is 3.01. The maximum Gasteiger partial charge on any atom is 0.233 e. The zero-order valence-electron chi connectivity index (χ0n) is 8.63. The number of hydrogen-bond donors (Lipinski definition) is 1. The van der Waals surface area contributed by atoms with Crippen molar-refractivity contribution in [2.24, 2.45) is 0 Å². The van der Waals surface area contributed by atoms with Gasteiger partial charge < -0.3 is 9.73 Å². The topological polar surface area (TPSA) is 42.2 Å². The molecule has 2 unspecified atom stereocenters. The van der Waals surface area contributed by atoms with Crippen LogP contribution in [0, 0.1) is 0 Å². The molecule has 1 N–H and O–H groups in total. The van der Waals surface area contributed by atoms with Crippen LogP contribution in [0.2, 0.25) is 0 Å². The molecule has 1 aromatic heterocycles. The van der Waals surface area contributed by atoms with Crippen LogP contribution in [-0.4, -0.2) is 10.7 Å². The molecule has 0 aromatic carbocycles. The maximum absolute atomic E-state index is 11.6. The number of rotatable bonds is 2. The Labute approximate surface area is 97.4 Å². The lowest BCUT2D eigenvalue weighted by Crippen LogP contribution is -2.34. The summed E-state index contributed by atoms with van der Waals surface area (Å²) in [4.78, 5) is 11.4. The minimum absolute atomic E-state index is 0.0362. The van der Waals surface area contributed by atoms with E-state index in [0.29, 0.717) is 0 Å². The quantitative estimate of drug-likeness (QED) is 0.841. The number of hydrogen-bond acceptors (Lipinski definition) is 2. The Kier molecular flexibility index (Phi) is 3.14. The first-order chi connectivity index (χ1) is 7.18. The Morgan fingerprint density at radius 3 is 3.27 bits per heavy atom. The van der Waals surface area contributed by atoms with Crippen molar-refractivity contribution in [3.8, 4) is 0 Å².